The molecule has 1 aromatic carbocycles. The van der Waals surface area contributed by atoms with Crippen LogP contribution in [0.5, 0.6) is 0 Å². The molecule has 3 rings (SSSR count). The summed E-state index contributed by atoms with van der Waals surface area (Å²) in [6, 6.07) is 2.40. The Morgan fingerprint density at radius 3 is 2.65 bits per heavy atom. The number of rotatable bonds is 1. The monoisotopic (exact) mass is 299 g/mol. The van der Waals surface area contributed by atoms with Crippen LogP contribution in [-0.4, -0.2) is 4.98 Å². The van der Waals surface area contributed by atoms with Crippen LogP contribution in [0.3, 0.4) is 0 Å². The van der Waals surface area contributed by atoms with E-state index in [9.17, 15) is 13.6 Å². The lowest BCUT2D eigenvalue weighted by Gasteiger charge is -2.06. The third kappa shape index (κ3) is 1.69. The molecule has 0 aliphatic heterocycles. The smallest absolute Gasteiger partial charge is 0.192 e. The molecule has 88 valence electrons. The molecular weight excluding hydrogens is 292 g/mol. The maximum absolute atomic E-state index is 13.8. The Hall–Kier alpha value is -1.23. The Kier molecular flexibility index (Phi) is 2.33. The molecular formula is C12H8BrF2NO. The van der Waals surface area contributed by atoms with Gasteiger partial charge in [-0.1, -0.05) is 0 Å². The molecule has 2 aromatic rings. The Morgan fingerprint density at radius 2 is 2.00 bits per heavy atom. The molecule has 1 aromatic heterocycles. The van der Waals surface area contributed by atoms with Gasteiger partial charge in [-0.2, -0.15) is 0 Å². The van der Waals surface area contributed by atoms with Gasteiger partial charge in [0.2, 0.25) is 0 Å². The van der Waals surface area contributed by atoms with Gasteiger partial charge in [-0.3, -0.25) is 4.79 Å². The van der Waals surface area contributed by atoms with Crippen molar-refractivity contribution in [2.75, 3.05) is 0 Å². The lowest BCUT2D eigenvalue weighted by Crippen LogP contribution is -2.08. The Bertz CT molecular complexity index is 676. The highest BCUT2D eigenvalue weighted by Crippen LogP contribution is 2.39. The summed E-state index contributed by atoms with van der Waals surface area (Å²) >= 11 is 2.89. The van der Waals surface area contributed by atoms with Crippen molar-refractivity contribution in [3.05, 3.63) is 44.2 Å². The number of halogens is 3. The van der Waals surface area contributed by atoms with Crippen molar-refractivity contribution in [3.8, 4) is 0 Å². The van der Waals surface area contributed by atoms with Gasteiger partial charge >= 0.3 is 0 Å². The fourth-order valence-corrected chi connectivity index (χ4v) is 2.36. The van der Waals surface area contributed by atoms with Crippen LogP contribution in [0, 0.1) is 11.6 Å². The molecule has 0 saturated heterocycles. The average molecular weight is 300 g/mol. The van der Waals surface area contributed by atoms with Crippen molar-refractivity contribution >= 4 is 26.8 Å². The fraction of sp³-hybridized carbons (Fsp3) is 0.250. The SMILES string of the molecule is O=c1cc(C2CC2)[nH]c2c(F)cc(Br)c(F)c12. The van der Waals surface area contributed by atoms with Gasteiger partial charge in [0.1, 0.15) is 5.82 Å². The second-order valence-electron chi connectivity index (χ2n) is 4.27. The number of pyridine rings is 1. The number of H-pyrrole nitrogens is 1. The highest BCUT2D eigenvalue weighted by atomic mass is 79.9. The van der Waals surface area contributed by atoms with Gasteiger partial charge in [-0.05, 0) is 40.8 Å². The summed E-state index contributed by atoms with van der Waals surface area (Å²) in [5.74, 6) is -1.05. The number of benzene rings is 1. The van der Waals surface area contributed by atoms with Gasteiger partial charge in [0, 0.05) is 11.8 Å². The Balaban J connectivity index is 2.42. The van der Waals surface area contributed by atoms with E-state index in [1.807, 2.05) is 0 Å². The summed E-state index contributed by atoms with van der Waals surface area (Å²) in [5, 5.41) is -0.221. The minimum absolute atomic E-state index is 0.0350. The zero-order valence-electron chi connectivity index (χ0n) is 8.69. The summed E-state index contributed by atoms with van der Waals surface area (Å²) < 4.78 is 27.4. The first-order chi connectivity index (χ1) is 8.08. The second-order valence-corrected chi connectivity index (χ2v) is 5.12. The number of fused-ring (bicyclic) bond motifs is 1. The summed E-state index contributed by atoms with van der Waals surface area (Å²) in [7, 11) is 0. The number of hydrogen-bond donors (Lipinski definition) is 1. The van der Waals surface area contributed by atoms with Gasteiger partial charge in [-0.15, -0.1) is 0 Å². The molecule has 1 fully saturated rings. The highest BCUT2D eigenvalue weighted by molar-refractivity contribution is 9.10. The van der Waals surface area contributed by atoms with Crippen molar-refractivity contribution in [2.24, 2.45) is 0 Å². The second kappa shape index (κ2) is 3.63. The molecule has 1 saturated carbocycles. The van der Waals surface area contributed by atoms with E-state index in [-0.39, 0.29) is 15.4 Å². The molecule has 0 amide bonds. The highest BCUT2D eigenvalue weighted by Gasteiger charge is 2.26. The number of aromatic amines is 1. The van der Waals surface area contributed by atoms with Crippen molar-refractivity contribution in [2.45, 2.75) is 18.8 Å². The zero-order valence-corrected chi connectivity index (χ0v) is 10.3. The molecule has 17 heavy (non-hydrogen) atoms. The first-order valence-corrected chi connectivity index (χ1v) is 6.07. The van der Waals surface area contributed by atoms with Crippen molar-refractivity contribution in [3.63, 3.8) is 0 Å². The van der Waals surface area contributed by atoms with Crippen LogP contribution in [0.15, 0.2) is 21.4 Å². The molecule has 0 bridgehead atoms. The van der Waals surface area contributed by atoms with Crippen LogP contribution < -0.4 is 5.43 Å². The summed E-state index contributed by atoms with van der Waals surface area (Å²) in [6.45, 7) is 0. The fourth-order valence-electron chi connectivity index (χ4n) is 1.96. The average Bonchev–Trinajstić information content (AvgIpc) is 3.09. The third-order valence-corrected chi connectivity index (χ3v) is 3.57. The molecule has 0 radical (unpaired) electrons. The lowest BCUT2D eigenvalue weighted by molar-refractivity contribution is 0.608. The maximum atomic E-state index is 13.8. The van der Waals surface area contributed by atoms with Crippen LogP contribution in [-0.2, 0) is 0 Å². The van der Waals surface area contributed by atoms with Gasteiger partial charge in [0.25, 0.3) is 0 Å². The Morgan fingerprint density at radius 1 is 1.29 bits per heavy atom. The molecule has 1 aliphatic carbocycles. The molecule has 2 nitrogen and oxygen atoms in total. The van der Waals surface area contributed by atoms with Crippen molar-refractivity contribution in [1.29, 1.82) is 0 Å². The molecule has 1 aliphatic rings. The first-order valence-electron chi connectivity index (χ1n) is 5.28. The summed E-state index contributed by atoms with van der Waals surface area (Å²) in [5.41, 5.74) is 0.182. The van der Waals surface area contributed by atoms with E-state index in [1.54, 1.807) is 0 Å². The van der Waals surface area contributed by atoms with E-state index in [0.29, 0.717) is 11.6 Å². The zero-order chi connectivity index (χ0) is 12.2. The maximum Gasteiger partial charge on any atom is 0.192 e. The molecule has 0 atom stereocenters. The molecule has 0 spiro atoms. The van der Waals surface area contributed by atoms with Crippen LogP contribution in [0.1, 0.15) is 24.5 Å². The minimum Gasteiger partial charge on any atom is -0.355 e. The van der Waals surface area contributed by atoms with Crippen molar-refractivity contribution < 1.29 is 8.78 Å². The standard InChI is InChI=1S/C12H8BrF2NO/c13-6-3-7(14)12-10(11(6)15)9(17)4-8(16-12)5-1-2-5/h3-5H,1-2H2,(H,16,17). The molecule has 1 heterocycles. The Labute approximate surface area is 104 Å². The van der Waals surface area contributed by atoms with Gasteiger partial charge in [0.05, 0.1) is 15.4 Å². The lowest BCUT2D eigenvalue weighted by atomic mass is 10.1. The first kappa shape index (κ1) is 10.9. The summed E-state index contributed by atoms with van der Waals surface area (Å²) in [6.07, 6.45) is 1.98. The van der Waals surface area contributed by atoms with Crippen LogP contribution in [0.25, 0.3) is 10.9 Å². The van der Waals surface area contributed by atoms with E-state index in [1.165, 1.54) is 6.07 Å². The van der Waals surface area contributed by atoms with E-state index < -0.39 is 17.1 Å². The van der Waals surface area contributed by atoms with Crippen LogP contribution in [0.2, 0.25) is 0 Å². The minimum atomic E-state index is -0.718. The largest absolute Gasteiger partial charge is 0.355 e. The van der Waals surface area contributed by atoms with Gasteiger partial charge in [0.15, 0.2) is 11.2 Å². The van der Waals surface area contributed by atoms with E-state index >= 15 is 0 Å². The van der Waals surface area contributed by atoms with Crippen molar-refractivity contribution in [1.82, 2.24) is 4.98 Å². The number of nitrogens with one attached hydrogen (secondary N) is 1. The van der Waals surface area contributed by atoms with Crippen LogP contribution >= 0.6 is 15.9 Å². The van der Waals surface area contributed by atoms with Crippen LogP contribution in [0.4, 0.5) is 8.78 Å². The summed E-state index contributed by atoms with van der Waals surface area (Å²) in [4.78, 5) is 14.6. The topological polar surface area (TPSA) is 32.9 Å². The van der Waals surface area contributed by atoms with Gasteiger partial charge in [-0.25, -0.2) is 8.78 Å². The number of aromatic nitrogens is 1. The predicted octanol–water partition coefficient (Wildman–Crippen LogP) is 3.45. The van der Waals surface area contributed by atoms with Gasteiger partial charge < -0.3 is 4.98 Å². The predicted molar refractivity (Wildman–Crippen MR) is 64.2 cm³/mol. The molecule has 5 heteroatoms. The number of hydrogen-bond acceptors (Lipinski definition) is 1. The van der Waals surface area contributed by atoms with E-state index in [0.717, 1.165) is 18.9 Å². The quantitative estimate of drug-likeness (QED) is 0.804. The van der Waals surface area contributed by atoms with E-state index in [4.69, 9.17) is 0 Å². The van der Waals surface area contributed by atoms with E-state index in [2.05, 4.69) is 20.9 Å². The third-order valence-electron chi connectivity index (χ3n) is 2.99. The molecule has 0 unspecified atom stereocenters. The normalized spacial score (nSPS) is 15.5. The molecule has 1 N–H and O–H groups in total.